The number of amides is 1. The monoisotopic (exact) mass is 473 g/mol. The first-order valence-corrected chi connectivity index (χ1v) is 11.3. The van der Waals surface area contributed by atoms with Crippen LogP contribution in [0.1, 0.15) is 27.3 Å². The number of carbonyl (C=O) groups is 1. The van der Waals surface area contributed by atoms with Crippen LogP contribution in [0.5, 0.6) is 5.75 Å². The highest BCUT2D eigenvalue weighted by atomic mass is 32.2. The zero-order chi connectivity index (χ0) is 22.5. The lowest BCUT2D eigenvalue weighted by Gasteiger charge is -2.09. The maximum Gasteiger partial charge on any atom is 0.292 e. The molecular formula is C18H19N9O3S2. The number of methoxy groups -OCH3 is 1. The molecule has 0 unspecified atom stereocenters. The summed E-state index contributed by atoms with van der Waals surface area (Å²) in [5.41, 5.74) is 10.5. The number of hydrogen-bond acceptors (Lipinski definition) is 12. The molecule has 0 spiro atoms. The number of hydrazone groups is 1. The molecule has 3 N–H and O–H groups in total. The molecule has 1 aliphatic rings. The zero-order valence-corrected chi connectivity index (χ0v) is 18.8. The number of carbonyl (C=O) groups excluding carboxylic acids is 1. The number of hydrogen-bond donors (Lipinski definition) is 2. The van der Waals surface area contributed by atoms with Crippen molar-refractivity contribution >= 4 is 45.8 Å². The fraction of sp³-hybridized carbons (Fsp3) is 0.278. The topological polar surface area (TPSA) is 159 Å². The molecule has 32 heavy (non-hydrogen) atoms. The minimum absolute atomic E-state index is 0.0157. The highest BCUT2D eigenvalue weighted by molar-refractivity contribution is 8.38. The summed E-state index contributed by atoms with van der Waals surface area (Å²) in [5, 5.41) is 19.0. The number of aliphatic imine (C=N–C) groups is 1. The first-order chi connectivity index (χ1) is 15.6. The number of aryl methyl sites for hydroxylation is 1. The van der Waals surface area contributed by atoms with Gasteiger partial charge in [0.05, 0.1) is 25.6 Å². The number of nitrogen functional groups attached to an aromatic ring is 1. The van der Waals surface area contributed by atoms with Crippen molar-refractivity contribution in [2.24, 2.45) is 10.1 Å². The largest absolute Gasteiger partial charge is 0.496 e. The lowest BCUT2D eigenvalue weighted by Crippen LogP contribution is -2.22. The Morgan fingerprint density at radius 3 is 3.06 bits per heavy atom. The Kier molecular flexibility index (Phi) is 6.70. The summed E-state index contributed by atoms with van der Waals surface area (Å²) in [4.78, 5) is 17.1. The first kappa shape index (κ1) is 21.8. The number of rotatable bonds is 7. The summed E-state index contributed by atoms with van der Waals surface area (Å²) in [6, 6.07) is 5.68. The highest BCUT2D eigenvalue weighted by Crippen LogP contribution is 2.29. The van der Waals surface area contributed by atoms with Gasteiger partial charge in [-0.2, -0.15) is 9.78 Å². The molecule has 1 aromatic carbocycles. The molecule has 0 bridgehead atoms. The second-order valence-corrected chi connectivity index (χ2v) is 8.77. The van der Waals surface area contributed by atoms with E-state index in [9.17, 15) is 4.79 Å². The second-order valence-electron chi connectivity index (χ2n) is 6.46. The summed E-state index contributed by atoms with van der Waals surface area (Å²) in [5.74, 6) is 2.05. The van der Waals surface area contributed by atoms with Crippen molar-refractivity contribution in [1.82, 2.24) is 30.7 Å². The van der Waals surface area contributed by atoms with Gasteiger partial charge in [-0.15, -0.1) is 5.10 Å². The van der Waals surface area contributed by atoms with Gasteiger partial charge < -0.3 is 10.5 Å². The predicted molar refractivity (Wildman–Crippen MR) is 122 cm³/mol. The molecule has 0 aliphatic carbocycles. The van der Waals surface area contributed by atoms with Crippen LogP contribution in [-0.4, -0.2) is 61.2 Å². The van der Waals surface area contributed by atoms with E-state index in [0.29, 0.717) is 5.69 Å². The van der Waals surface area contributed by atoms with Crippen molar-refractivity contribution in [3.05, 3.63) is 40.7 Å². The molecule has 12 nitrogen and oxygen atoms in total. The standard InChI is InChI=1S/C18H19N9O3S2/c1-10-14(27(26-22-10)16-15(19)24-30-25-16)17(28)23-21-8-11-3-4-13(29-2)12(7-11)9-32-18-20-5-6-31-18/h3-4,7-8H,5-6,9H2,1-2H3,(H2,19,24)(H,23,28)/b21-8-. The first-order valence-electron chi connectivity index (χ1n) is 9.38. The van der Waals surface area contributed by atoms with Crippen LogP contribution in [-0.2, 0) is 5.75 Å². The number of ether oxygens (including phenoxy) is 1. The maximum atomic E-state index is 12.7. The molecule has 3 heterocycles. The van der Waals surface area contributed by atoms with E-state index in [4.69, 9.17) is 10.5 Å². The van der Waals surface area contributed by atoms with Gasteiger partial charge >= 0.3 is 0 Å². The third-order valence-corrected chi connectivity index (χ3v) is 6.64. The van der Waals surface area contributed by atoms with Crippen LogP contribution in [0, 0.1) is 6.92 Å². The number of thioether (sulfide) groups is 2. The van der Waals surface area contributed by atoms with E-state index in [0.717, 1.165) is 44.0 Å². The minimum atomic E-state index is -0.535. The van der Waals surface area contributed by atoms with E-state index in [1.54, 1.807) is 43.8 Å². The van der Waals surface area contributed by atoms with Gasteiger partial charge in [0, 0.05) is 17.1 Å². The molecule has 0 fully saturated rings. The smallest absolute Gasteiger partial charge is 0.292 e. The highest BCUT2D eigenvalue weighted by Gasteiger charge is 2.22. The molecule has 1 aliphatic heterocycles. The van der Waals surface area contributed by atoms with Crippen molar-refractivity contribution in [2.45, 2.75) is 12.7 Å². The van der Waals surface area contributed by atoms with Crippen LogP contribution in [0.25, 0.3) is 5.82 Å². The van der Waals surface area contributed by atoms with Crippen molar-refractivity contribution in [3.63, 3.8) is 0 Å². The van der Waals surface area contributed by atoms with Crippen molar-refractivity contribution < 1.29 is 14.2 Å². The summed E-state index contributed by atoms with van der Waals surface area (Å²) in [6.07, 6.45) is 1.54. The molecule has 0 radical (unpaired) electrons. The molecule has 166 valence electrons. The quantitative estimate of drug-likeness (QED) is 0.381. The molecule has 2 aromatic heterocycles. The van der Waals surface area contributed by atoms with Gasteiger partial charge in [-0.1, -0.05) is 28.7 Å². The predicted octanol–water partition coefficient (Wildman–Crippen LogP) is 1.65. The fourth-order valence-electron chi connectivity index (χ4n) is 2.86. The molecule has 0 saturated heterocycles. The number of nitrogens with zero attached hydrogens (tertiary/aromatic N) is 7. The Balaban J connectivity index is 1.46. The Morgan fingerprint density at radius 2 is 2.34 bits per heavy atom. The average molecular weight is 474 g/mol. The Labute approximate surface area is 191 Å². The van der Waals surface area contributed by atoms with Crippen LogP contribution >= 0.6 is 23.5 Å². The Hall–Kier alpha value is -3.39. The second kappa shape index (κ2) is 9.82. The van der Waals surface area contributed by atoms with E-state index < -0.39 is 5.91 Å². The third-order valence-electron chi connectivity index (χ3n) is 4.34. The number of nitrogens with one attached hydrogen (secondary N) is 1. The van der Waals surface area contributed by atoms with Gasteiger partial charge in [-0.3, -0.25) is 9.79 Å². The summed E-state index contributed by atoms with van der Waals surface area (Å²) in [7, 11) is 1.63. The molecule has 3 aromatic rings. The number of nitrogens with two attached hydrogens (primary N) is 1. The van der Waals surface area contributed by atoms with Crippen LogP contribution in [0.4, 0.5) is 5.82 Å². The Morgan fingerprint density at radius 1 is 1.47 bits per heavy atom. The number of anilines is 1. The normalized spacial score (nSPS) is 13.5. The van der Waals surface area contributed by atoms with Gasteiger partial charge in [-0.25, -0.2) is 10.1 Å². The lowest BCUT2D eigenvalue weighted by atomic mass is 10.1. The number of benzene rings is 1. The lowest BCUT2D eigenvalue weighted by molar-refractivity contribution is 0.0946. The van der Waals surface area contributed by atoms with Crippen LogP contribution in [0.15, 0.2) is 32.9 Å². The van der Waals surface area contributed by atoms with E-state index in [1.165, 1.54) is 0 Å². The summed E-state index contributed by atoms with van der Waals surface area (Å²) >= 11 is 3.44. The van der Waals surface area contributed by atoms with E-state index >= 15 is 0 Å². The molecule has 0 atom stereocenters. The van der Waals surface area contributed by atoms with E-state index in [1.807, 2.05) is 18.2 Å². The van der Waals surface area contributed by atoms with Crippen LogP contribution < -0.4 is 15.9 Å². The SMILES string of the molecule is COc1ccc(/C=N\NC(=O)c2c(C)nnn2-c2nonc2N)cc1CSC1=NCCS1. The zero-order valence-electron chi connectivity index (χ0n) is 17.2. The average Bonchev–Trinajstić information content (AvgIpc) is 3.53. The third kappa shape index (κ3) is 4.75. The maximum absolute atomic E-state index is 12.7. The van der Waals surface area contributed by atoms with Crippen LogP contribution in [0.2, 0.25) is 0 Å². The fourth-order valence-corrected chi connectivity index (χ4v) is 4.84. The van der Waals surface area contributed by atoms with E-state index in [2.05, 4.69) is 40.8 Å². The van der Waals surface area contributed by atoms with Crippen molar-refractivity contribution in [1.29, 1.82) is 0 Å². The molecule has 0 saturated carbocycles. The van der Waals surface area contributed by atoms with Crippen molar-refractivity contribution in [3.8, 4) is 11.6 Å². The van der Waals surface area contributed by atoms with Crippen LogP contribution in [0.3, 0.4) is 0 Å². The summed E-state index contributed by atoms with van der Waals surface area (Å²) in [6.45, 7) is 2.50. The Bertz CT molecular complexity index is 1190. The molecule has 4 rings (SSSR count). The van der Waals surface area contributed by atoms with Gasteiger partial charge in [0.15, 0.2) is 5.69 Å². The minimum Gasteiger partial charge on any atom is -0.496 e. The van der Waals surface area contributed by atoms with E-state index in [-0.39, 0.29) is 17.3 Å². The number of aromatic nitrogens is 5. The van der Waals surface area contributed by atoms with Gasteiger partial charge in [0.1, 0.15) is 10.1 Å². The summed E-state index contributed by atoms with van der Waals surface area (Å²) < 4.78 is 12.3. The van der Waals surface area contributed by atoms with Crippen molar-refractivity contribution in [2.75, 3.05) is 25.1 Å². The molecule has 14 heteroatoms. The van der Waals surface area contributed by atoms with Gasteiger partial charge in [0.25, 0.3) is 5.91 Å². The van der Waals surface area contributed by atoms with Gasteiger partial charge in [0.2, 0.25) is 11.6 Å². The molecular weight excluding hydrogens is 454 g/mol. The molecule has 1 amide bonds. The van der Waals surface area contributed by atoms with Gasteiger partial charge in [-0.05, 0) is 41.0 Å².